The fourth-order valence-electron chi connectivity index (χ4n) is 6.74. The third-order valence-corrected chi connectivity index (χ3v) is 10.0. The van der Waals surface area contributed by atoms with Crippen LogP contribution in [0.2, 0.25) is 0 Å². The molecule has 4 aromatic carbocycles. The van der Waals surface area contributed by atoms with E-state index in [0.717, 1.165) is 64.0 Å². The molecule has 2 N–H and O–H groups in total. The number of rotatable bonds is 21. The van der Waals surface area contributed by atoms with Gasteiger partial charge in [-0.3, -0.25) is 0 Å². The normalized spacial score (nSPS) is 11.4. The van der Waals surface area contributed by atoms with E-state index < -0.39 is 11.4 Å². The second kappa shape index (κ2) is 20.1. The maximum Gasteiger partial charge on any atom is 0.333 e. The standard InChI is InChI=1S/C46H57FO5/c1-6-9-10-12-34-14-16-36(17-15-34)37-18-22-42(43(47)30-37)39-19-21-41(35(8-3)28-39)38-20-23-44(51-27-25-46(31-48,32-49)24-7-2)40(29-38)13-11-26-52-45(50)33(4)5/h14-23,28-30,48-49H,4,6-13,24-27,31-32H2,1-3,5H3. The van der Waals surface area contributed by atoms with Gasteiger partial charge in [0.15, 0.2) is 0 Å². The average Bonchev–Trinajstić information content (AvgIpc) is 3.16. The second-order valence-corrected chi connectivity index (χ2v) is 14.1. The summed E-state index contributed by atoms with van der Waals surface area (Å²) in [4.78, 5) is 11.9. The van der Waals surface area contributed by atoms with Crippen LogP contribution in [0.1, 0.15) is 89.3 Å². The fourth-order valence-corrected chi connectivity index (χ4v) is 6.74. The molecule has 0 amide bonds. The van der Waals surface area contributed by atoms with Crippen LogP contribution in [-0.2, 0) is 28.8 Å². The third-order valence-electron chi connectivity index (χ3n) is 10.0. The summed E-state index contributed by atoms with van der Waals surface area (Å²) < 4.78 is 27.3. The number of benzene rings is 4. The van der Waals surface area contributed by atoms with Crippen molar-refractivity contribution in [1.82, 2.24) is 0 Å². The van der Waals surface area contributed by atoms with Gasteiger partial charge in [0.2, 0.25) is 0 Å². The number of carbonyl (C=O) groups is 1. The number of aryl methyl sites for hydroxylation is 3. The predicted octanol–water partition coefficient (Wildman–Crippen LogP) is 10.7. The molecule has 0 bridgehead atoms. The number of halogens is 1. The Morgan fingerprint density at radius 1 is 0.712 bits per heavy atom. The first-order chi connectivity index (χ1) is 25.2. The first-order valence-corrected chi connectivity index (χ1v) is 19.0. The summed E-state index contributed by atoms with van der Waals surface area (Å²) in [5.74, 6) is 0.0658. The Morgan fingerprint density at radius 2 is 1.37 bits per heavy atom. The van der Waals surface area contributed by atoms with Crippen molar-refractivity contribution in [3.8, 4) is 39.1 Å². The van der Waals surface area contributed by atoms with E-state index in [-0.39, 0.29) is 25.6 Å². The molecular formula is C46H57FO5. The highest BCUT2D eigenvalue weighted by atomic mass is 19.1. The van der Waals surface area contributed by atoms with Gasteiger partial charge >= 0.3 is 5.97 Å². The van der Waals surface area contributed by atoms with Gasteiger partial charge in [0, 0.05) is 16.6 Å². The number of unbranched alkanes of at least 4 members (excludes halogenated alkanes) is 2. The molecule has 278 valence electrons. The van der Waals surface area contributed by atoms with Gasteiger partial charge in [0.05, 0.1) is 26.4 Å². The van der Waals surface area contributed by atoms with Crippen LogP contribution < -0.4 is 4.74 Å². The van der Waals surface area contributed by atoms with E-state index in [1.165, 1.54) is 24.8 Å². The van der Waals surface area contributed by atoms with Gasteiger partial charge in [0.1, 0.15) is 11.6 Å². The number of hydrogen-bond acceptors (Lipinski definition) is 5. The highest BCUT2D eigenvalue weighted by Crippen LogP contribution is 2.35. The van der Waals surface area contributed by atoms with E-state index in [1.807, 2.05) is 37.3 Å². The third kappa shape index (κ3) is 10.9. The van der Waals surface area contributed by atoms with E-state index in [0.29, 0.717) is 43.4 Å². The SMILES string of the molecule is C=C(C)C(=O)OCCCc1cc(-c2ccc(-c3ccc(-c4ccc(CCCCC)cc4)cc3F)cc2CC)ccc1OCCC(CO)(CO)CCC. The Hall–Kier alpha value is -4.26. The molecule has 0 unspecified atom stereocenters. The maximum absolute atomic E-state index is 15.7. The largest absolute Gasteiger partial charge is 0.493 e. The summed E-state index contributed by atoms with van der Waals surface area (Å²) in [5, 5.41) is 20.0. The monoisotopic (exact) mass is 708 g/mol. The minimum absolute atomic E-state index is 0.0997. The molecule has 0 aliphatic heterocycles. The van der Waals surface area contributed by atoms with Gasteiger partial charge in [-0.05, 0) is 115 Å². The van der Waals surface area contributed by atoms with Gasteiger partial charge in [-0.1, -0.05) is 107 Å². The van der Waals surface area contributed by atoms with Crippen LogP contribution in [0, 0.1) is 11.2 Å². The lowest BCUT2D eigenvalue weighted by molar-refractivity contribution is -0.139. The molecule has 5 nitrogen and oxygen atoms in total. The highest BCUT2D eigenvalue weighted by Gasteiger charge is 2.28. The van der Waals surface area contributed by atoms with Crippen LogP contribution in [0.5, 0.6) is 5.75 Å². The van der Waals surface area contributed by atoms with Crippen molar-refractivity contribution in [1.29, 1.82) is 0 Å². The zero-order chi connectivity index (χ0) is 37.5. The van der Waals surface area contributed by atoms with Crippen molar-refractivity contribution < 1.29 is 28.9 Å². The number of carbonyl (C=O) groups excluding carboxylic acids is 1. The molecule has 4 aromatic rings. The Bertz CT molecular complexity index is 1760. The summed E-state index contributed by atoms with van der Waals surface area (Å²) in [7, 11) is 0. The zero-order valence-electron chi connectivity index (χ0n) is 31.6. The molecule has 0 saturated heterocycles. The molecule has 0 radical (unpaired) electrons. The molecule has 52 heavy (non-hydrogen) atoms. The van der Waals surface area contributed by atoms with Crippen LogP contribution in [0.15, 0.2) is 91.0 Å². The number of aliphatic hydroxyl groups excluding tert-OH is 2. The number of hydrogen-bond donors (Lipinski definition) is 2. The molecule has 0 heterocycles. The molecule has 6 heteroatoms. The molecule has 0 saturated carbocycles. The smallest absolute Gasteiger partial charge is 0.333 e. The van der Waals surface area contributed by atoms with Gasteiger partial charge in [0.25, 0.3) is 0 Å². The lowest BCUT2D eigenvalue weighted by Crippen LogP contribution is -2.31. The van der Waals surface area contributed by atoms with Gasteiger partial charge in [-0.15, -0.1) is 0 Å². The van der Waals surface area contributed by atoms with E-state index >= 15 is 4.39 Å². The van der Waals surface area contributed by atoms with Crippen LogP contribution in [0.4, 0.5) is 4.39 Å². The molecule has 0 aliphatic rings. The molecule has 0 aliphatic carbocycles. The highest BCUT2D eigenvalue weighted by molar-refractivity contribution is 5.86. The van der Waals surface area contributed by atoms with Gasteiger partial charge < -0.3 is 19.7 Å². The maximum atomic E-state index is 15.7. The molecular weight excluding hydrogens is 651 g/mol. The summed E-state index contributed by atoms with van der Waals surface area (Å²) in [6.45, 7) is 12.0. The first-order valence-electron chi connectivity index (χ1n) is 19.0. The van der Waals surface area contributed by atoms with E-state index in [4.69, 9.17) is 9.47 Å². The molecule has 0 atom stereocenters. The predicted molar refractivity (Wildman–Crippen MR) is 211 cm³/mol. The number of ether oxygens (including phenoxy) is 2. The minimum Gasteiger partial charge on any atom is -0.493 e. The summed E-state index contributed by atoms with van der Waals surface area (Å²) in [6.07, 6.45) is 8.75. The van der Waals surface area contributed by atoms with E-state index in [1.54, 1.807) is 13.0 Å². The van der Waals surface area contributed by atoms with Crippen LogP contribution in [-0.4, -0.2) is 42.6 Å². The summed E-state index contributed by atoms with van der Waals surface area (Å²) in [6, 6.07) is 26.2. The fraction of sp³-hybridized carbons (Fsp3) is 0.413. The Balaban J connectivity index is 1.56. The van der Waals surface area contributed by atoms with Gasteiger partial charge in [-0.25, -0.2) is 9.18 Å². The van der Waals surface area contributed by atoms with Crippen molar-refractivity contribution in [3.05, 3.63) is 114 Å². The Morgan fingerprint density at radius 3 is 2.02 bits per heavy atom. The van der Waals surface area contributed by atoms with Crippen LogP contribution in [0.25, 0.3) is 33.4 Å². The van der Waals surface area contributed by atoms with Crippen molar-refractivity contribution in [2.24, 2.45) is 5.41 Å². The van der Waals surface area contributed by atoms with Crippen molar-refractivity contribution in [3.63, 3.8) is 0 Å². The Labute approximate surface area is 310 Å². The van der Waals surface area contributed by atoms with Crippen LogP contribution in [0.3, 0.4) is 0 Å². The lowest BCUT2D eigenvalue weighted by Gasteiger charge is -2.29. The molecule has 4 rings (SSSR count). The minimum atomic E-state index is -0.581. The first kappa shape index (κ1) is 40.5. The topological polar surface area (TPSA) is 76.0 Å². The van der Waals surface area contributed by atoms with Crippen molar-refractivity contribution in [2.45, 2.75) is 91.9 Å². The van der Waals surface area contributed by atoms with Crippen molar-refractivity contribution in [2.75, 3.05) is 26.4 Å². The van der Waals surface area contributed by atoms with Gasteiger partial charge in [-0.2, -0.15) is 0 Å². The Kier molecular flexibility index (Phi) is 15.7. The van der Waals surface area contributed by atoms with E-state index in [9.17, 15) is 15.0 Å². The zero-order valence-corrected chi connectivity index (χ0v) is 31.6. The molecule has 0 fully saturated rings. The van der Waals surface area contributed by atoms with Crippen molar-refractivity contribution >= 4 is 5.97 Å². The number of esters is 1. The lowest BCUT2D eigenvalue weighted by atomic mass is 9.82. The average molecular weight is 709 g/mol. The summed E-state index contributed by atoms with van der Waals surface area (Å²) in [5.41, 5.74) is 8.52. The number of aliphatic hydroxyl groups is 2. The second-order valence-electron chi connectivity index (χ2n) is 14.1. The van der Waals surface area contributed by atoms with E-state index in [2.05, 4.69) is 62.9 Å². The quantitative estimate of drug-likeness (QED) is 0.0512. The summed E-state index contributed by atoms with van der Waals surface area (Å²) >= 11 is 0. The molecule has 0 aromatic heterocycles. The van der Waals surface area contributed by atoms with Crippen LogP contribution >= 0.6 is 0 Å². The molecule has 0 spiro atoms.